The number of halogens is 1. The quantitative estimate of drug-likeness (QED) is 0.265. The molecule has 2 aliphatic carbocycles. The highest BCUT2D eigenvalue weighted by atomic mass is 19.1. The van der Waals surface area contributed by atoms with Crippen molar-refractivity contribution in [1.82, 2.24) is 14.5 Å². The van der Waals surface area contributed by atoms with Crippen LogP contribution in [0.4, 0.5) is 4.39 Å². The van der Waals surface area contributed by atoms with Crippen LogP contribution in [0.15, 0.2) is 54.6 Å². The van der Waals surface area contributed by atoms with Crippen LogP contribution in [0.2, 0.25) is 0 Å². The van der Waals surface area contributed by atoms with Gasteiger partial charge in [-0.15, -0.1) is 0 Å². The van der Waals surface area contributed by atoms with Crippen LogP contribution in [0.5, 0.6) is 5.88 Å². The number of ether oxygens (including phenoxy) is 2. The van der Waals surface area contributed by atoms with Gasteiger partial charge >= 0.3 is 5.97 Å². The zero-order valence-corrected chi connectivity index (χ0v) is 23.1. The second-order valence-corrected chi connectivity index (χ2v) is 11.9. The number of benzene rings is 2. The number of carboxylic acids is 1. The SMILES string of the molecule is N#Cc1ccc(COc2cccc(C3CCC4(CC3)CC4c3nc4ccc(C(=O)O)cc4n3C[C@@H]3CCO3)n2)c(F)c1. The molecule has 0 radical (unpaired) electrons. The van der Waals surface area contributed by atoms with Gasteiger partial charge in [-0.25, -0.2) is 19.2 Å². The molecule has 42 heavy (non-hydrogen) atoms. The minimum Gasteiger partial charge on any atom is -0.478 e. The van der Waals surface area contributed by atoms with Crippen LogP contribution in [0.3, 0.4) is 0 Å². The fourth-order valence-electron chi connectivity index (χ4n) is 6.74. The lowest BCUT2D eigenvalue weighted by atomic mass is 9.77. The van der Waals surface area contributed by atoms with E-state index in [0.717, 1.165) is 67.7 Å². The second kappa shape index (κ2) is 10.5. The Hall–Kier alpha value is -4.29. The predicted octanol–water partition coefficient (Wildman–Crippen LogP) is 6.34. The van der Waals surface area contributed by atoms with Crippen molar-refractivity contribution in [3.63, 3.8) is 0 Å². The summed E-state index contributed by atoms with van der Waals surface area (Å²) in [5, 5.41) is 18.5. The average molecular weight is 567 g/mol. The van der Waals surface area contributed by atoms with Crippen LogP contribution in [-0.4, -0.2) is 38.3 Å². The molecular formula is C33H31FN4O4. The van der Waals surface area contributed by atoms with Gasteiger partial charge in [0.2, 0.25) is 5.88 Å². The number of pyridine rings is 1. The van der Waals surface area contributed by atoms with E-state index in [9.17, 15) is 14.3 Å². The summed E-state index contributed by atoms with van der Waals surface area (Å²) in [6.45, 7) is 1.52. The van der Waals surface area contributed by atoms with Crippen molar-refractivity contribution in [2.24, 2.45) is 5.41 Å². The van der Waals surface area contributed by atoms with Crippen molar-refractivity contribution in [1.29, 1.82) is 5.26 Å². The van der Waals surface area contributed by atoms with Gasteiger partial charge in [-0.1, -0.05) is 12.1 Å². The summed E-state index contributed by atoms with van der Waals surface area (Å²) in [6, 6.07) is 17.3. The molecule has 7 rings (SSSR count). The molecule has 1 N–H and O–H groups in total. The third-order valence-corrected chi connectivity index (χ3v) is 9.41. The van der Waals surface area contributed by atoms with Crippen molar-refractivity contribution in [2.45, 2.75) is 69.6 Å². The maximum Gasteiger partial charge on any atom is 0.335 e. The molecule has 4 aromatic rings. The van der Waals surface area contributed by atoms with Crippen LogP contribution in [0, 0.1) is 22.6 Å². The molecule has 1 spiro atoms. The van der Waals surface area contributed by atoms with E-state index in [1.807, 2.05) is 24.3 Å². The summed E-state index contributed by atoms with van der Waals surface area (Å²) >= 11 is 0. The Morgan fingerprint density at radius 1 is 1.14 bits per heavy atom. The summed E-state index contributed by atoms with van der Waals surface area (Å²) < 4.78 is 28.1. The number of imidazole rings is 1. The standard InChI is InChI=1S/C33H31FN4O4/c34-26-14-20(17-35)4-5-23(26)19-42-30-3-1-2-27(36-30)21-8-11-33(12-9-21)16-25(33)31-37-28-7-6-22(32(39)40)15-29(28)38(31)18-24-10-13-41-24/h1-7,14-15,21,24-25H,8-13,16,18-19H2,(H,39,40)/t21?,24-,25?,33?/m0/s1. The van der Waals surface area contributed by atoms with Gasteiger partial charge in [-0.3, -0.25) is 0 Å². The van der Waals surface area contributed by atoms with Crippen molar-refractivity contribution in [2.75, 3.05) is 6.61 Å². The second-order valence-electron chi connectivity index (χ2n) is 11.9. The third-order valence-electron chi connectivity index (χ3n) is 9.41. The lowest BCUT2D eigenvalue weighted by Gasteiger charge is -2.30. The van der Waals surface area contributed by atoms with Crippen molar-refractivity contribution >= 4 is 17.0 Å². The Labute approximate surface area is 242 Å². The highest BCUT2D eigenvalue weighted by Gasteiger charge is 2.57. The van der Waals surface area contributed by atoms with Crippen LogP contribution < -0.4 is 4.74 Å². The molecule has 2 aromatic heterocycles. The van der Waals surface area contributed by atoms with E-state index in [4.69, 9.17) is 24.7 Å². The zero-order valence-electron chi connectivity index (χ0n) is 23.1. The molecule has 2 atom stereocenters. The van der Waals surface area contributed by atoms with Gasteiger partial charge in [-0.2, -0.15) is 5.26 Å². The van der Waals surface area contributed by atoms with Crippen LogP contribution >= 0.6 is 0 Å². The number of nitriles is 1. The van der Waals surface area contributed by atoms with E-state index >= 15 is 0 Å². The van der Waals surface area contributed by atoms with Crippen molar-refractivity contribution < 1.29 is 23.8 Å². The topological polar surface area (TPSA) is 110 Å². The van der Waals surface area contributed by atoms with Crippen molar-refractivity contribution in [3.8, 4) is 11.9 Å². The molecule has 0 bridgehead atoms. The third kappa shape index (κ3) is 4.90. The lowest BCUT2D eigenvalue weighted by Crippen LogP contribution is -2.32. The fraction of sp³-hybridized carbons (Fsp3) is 0.394. The van der Waals surface area contributed by atoms with Gasteiger partial charge in [0, 0.05) is 35.8 Å². The first-order valence-electron chi connectivity index (χ1n) is 14.6. The van der Waals surface area contributed by atoms with E-state index in [0.29, 0.717) is 29.8 Å². The van der Waals surface area contributed by atoms with Gasteiger partial charge < -0.3 is 19.1 Å². The molecule has 3 fully saturated rings. The molecular weight excluding hydrogens is 535 g/mol. The molecule has 9 heteroatoms. The minimum absolute atomic E-state index is 0.0459. The first-order chi connectivity index (χ1) is 20.4. The van der Waals surface area contributed by atoms with E-state index in [1.54, 1.807) is 30.3 Å². The molecule has 3 aliphatic rings. The molecule has 8 nitrogen and oxygen atoms in total. The maximum absolute atomic E-state index is 14.3. The Morgan fingerprint density at radius 3 is 2.69 bits per heavy atom. The summed E-state index contributed by atoms with van der Waals surface area (Å²) in [4.78, 5) is 21.4. The smallest absolute Gasteiger partial charge is 0.335 e. The largest absolute Gasteiger partial charge is 0.478 e. The zero-order chi connectivity index (χ0) is 28.8. The molecule has 0 amide bonds. The van der Waals surface area contributed by atoms with Gasteiger partial charge in [0.05, 0.1) is 40.9 Å². The lowest BCUT2D eigenvalue weighted by molar-refractivity contribution is -0.0590. The monoisotopic (exact) mass is 566 g/mol. The first-order valence-corrected chi connectivity index (χ1v) is 14.6. The van der Waals surface area contributed by atoms with E-state index in [2.05, 4.69) is 4.57 Å². The molecule has 3 heterocycles. The van der Waals surface area contributed by atoms with Crippen LogP contribution in [0.25, 0.3) is 11.0 Å². The van der Waals surface area contributed by atoms with E-state index < -0.39 is 11.8 Å². The number of carboxylic acid groups (broad SMARTS) is 1. The van der Waals surface area contributed by atoms with Crippen LogP contribution in [-0.2, 0) is 17.9 Å². The van der Waals surface area contributed by atoms with Gasteiger partial charge in [0.25, 0.3) is 0 Å². The molecule has 2 aromatic carbocycles. The number of carbonyl (C=O) groups is 1. The number of rotatable bonds is 8. The first kappa shape index (κ1) is 26.6. The number of aromatic nitrogens is 3. The number of aromatic carboxylic acids is 1. The molecule has 214 valence electrons. The summed E-state index contributed by atoms with van der Waals surface area (Å²) in [5.74, 6) is 0.810. The summed E-state index contributed by atoms with van der Waals surface area (Å²) in [7, 11) is 0. The number of hydrogen-bond donors (Lipinski definition) is 1. The minimum atomic E-state index is -0.934. The Morgan fingerprint density at radius 2 is 1.98 bits per heavy atom. The number of nitrogens with zero attached hydrogens (tertiary/aromatic N) is 4. The van der Waals surface area contributed by atoms with E-state index in [1.165, 1.54) is 6.07 Å². The Kier molecular flexibility index (Phi) is 6.66. The van der Waals surface area contributed by atoms with Gasteiger partial charge in [0.15, 0.2) is 0 Å². The molecule has 2 saturated carbocycles. The number of fused-ring (bicyclic) bond motifs is 1. The molecule has 1 unspecified atom stereocenters. The predicted molar refractivity (Wildman–Crippen MR) is 152 cm³/mol. The maximum atomic E-state index is 14.3. The van der Waals surface area contributed by atoms with Crippen LogP contribution in [0.1, 0.15) is 83.4 Å². The van der Waals surface area contributed by atoms with Gasteiger partial charge in [0.1, 0.15) is 18.2 Å². The van der Waals surface area contributed by atoms with Gasteiger partial charge in [-0.05, 0) is 80.3 Å². The normalized spacial score (nSPS) is 24.7. The fourth-order valence-corrected chi connectivity index (χ4v) is 6.74. The molecule has 1 saturated heterocycles. The van der Waals surface area contributed by atoms with E-state index in [-0.39, 0.29) is 29.3 Å². The summed E-state index contributed by atoms with van der Waals surface area (Å²) in [6.07, 6.45) is 6.44. The Bertz CT molecular complexity index is 1720. The summed E-state index contributed by atoms with van der Waals surface area (Å²) in [5.41, 5.74) is 3.86. The molecule has 1 aliphatic heterocycles. The average Bonchev–Trinajstić information content (AvgIpc) is 3.55. The highest BCUT2D eigenvalue weighted by Crippen LogP contribution is 2.67. The Balaban J connectivity index is 1.04. The van der Waals surface area contributed by atoms with Crippen molar-refractivity contribution in [3.05, 3.63) is 88.6 Å². The number of hydrogen-bond acceptors (Lipinski definition) is 6. The highest BCUT2D eigenvalue weighted by molar-refractivity contribution is 5.92.